The lowest BCUT2D eigenvalue weighted by molar-refractivity contribution is 0.0990. The summed E-state index contributed by atoms with van der Waals surface area (Å²) in [4.78, 5) is 24.8. The predicted molar refractivity (Wildman–Crippen MR) is 90.1 cm³/mol. The van der Waals surface area contributed by atoms with Gasteiger partial charge in [0.15, 0.2) is 23.1 Å². The van der Waals surface area contributed by atoms with Crippen LogP contribution in [0.4, 0.5) is 0 Å². The molecule has 116 valence electrons. The summed E-state index contributed by atoms with van der Waals surface area (Å²) in [7, 11) is 0. The third-order valence-corrected chi connectivity index (χ3v) is 4.27. The Hall–Kier alpha value is -2.40. The van der Waals surface area contributed by atoms with Gasteiger partial charge in [-0.2, -0.15) is 0 Å². The molecule has 4 nitrogen and oxygen atoms in total. The number of phenols is 1. The van der Waals surface area contributed by atoms with E-state index in [4.69, 9.17) is 4.74 Å². The topological polar surface area (TPSA) is 63.6 Å². The number of phenolic OH excluding ortho intramolecular Hbond substituents is 1. The van der Waals surface area contributed by atoms with Crippen LogP contribution in [-0.4, -0.2) is 23.3 Å². The standard InChI is InChI=1S/C18H13BrO4/c1-2-23-16-8-10(14(19)9-15(16)20)7-13-17(21)11-5-3-4-6-12(11)18(13)22/h3-9,20H,2H2,1H3. The smallest absolute Gasteiger partial charge is 0.197 e. The summed E-state index contributed by atoms with van der Waals surface area (Å²) in [5.74, 6) is -0.279. The number of ether oxygens (including phenoxy) is 1. The summed E-state index contributed by atoms with van der Waals surface area (Å²) < 4.78 is 5.91. The fraction of sp³-hybridized carbons (Fsp3) is 0.111. The zero-order chi connectivity index (χ0) is 16.6. The van der Waals surface area contributed by atoms with Gasteiger partial charge in [-0.3, -0.25) is 9.59 Å². The molecule has 0 spiro atoms. The van der Waals surface area contributed by atoms with Crippen molar-refractivity contribution in [1.29, 1.82) is 0 Å². The van der Waals surface area contributed by atoms with Crippen molar-refractivity contribution in [2.75, 3.05) is 6.61 Å². The van der Waals surface area contributed by atoms with E-state index in [1.165, 1.54) is 12.1 Å². The number of carbonyl (C=O) groups excluding carboxylic acids is 2. The molecule has 0 aromatic heterocycles. The van der Waals surface area contributed by atoms with Crippen LogP contribution in [0.2, 0.25) is 0 Å². The number of fused-ring (bicyclic) bond motifs is 1. The van der Waals surface area contributed by atoms with Gasteiger partial charge in [-0.05, 0) is 30.7 Å². The van der Waals surface area contributed by atoms with Gasteiger partial charge in [0, 0.05) is 15.6 Å². The number of ketones is 2. The maximum absolute atomic E-state index is 12.4. The van der Waals surface area contributed by atoms with Crippen LogP contribution in [0.25, 0.3) is 6.08 Å². The van der Waals surface area contributed by atoms with Gasteiger partial charge in [0.25, 0.3) is 0 Å². The number of rotatable bonds is 3. The molecule has 2 aromatic carbocycles. The van der Waals surface area contributed by atoms with E-state index in [-0.39, 0.29) is 22.9 Å². The Labute approximate surface area is 141 Å². The number of allylic oxidation sites excluding steroid dienone is 1. The summed E-state index contributed by atoms with van der Waals surface area (Å²) in [5.41, 5.74) is 1.54. The van der Waals surface area contributed by atoms with Crippen LogP contribution in [0.3, 0.4) is 0 Å². The Morgan fingerprint density at radius 3 is 2.30 bits per heavy atom. The van der Waals surface area contributed by atoms with Crippen molar-refractivity contribution in [2.24, 2.45) is 0 Å². The summed E-state index contributed by atoms with van der Waals surface area (Å²) in [5, 5.41) is 9.84. The molecule has 1 aliphatic carbocycles. The fourth-order valence-electron chi connectivity index (χ4n) is 2.50. The molecule has 0 heterocycles. The Kier molecular flexibility index (Phi) is 4.05. The van der Waals surface area contributed by atoms with E-state index in [1.54, 1.807) is 37.3 Å². The van der Waals surface area contributed by atoms with Gasteiger partial charge < -0.3 is 9.84 Å². The van der Waals surface area contributed by atoms with Crippen molar-refractivity contribution in [3.63, 3.8) is 0 Å². The van der Waals surface area contributed by atoms with E-state index in [1.807, 2.05) is 0 Å². The number of halogens is 1. The molecule has 0 atom stereocenters. The zero-order valence-electron chi connectivity index (χ0n) is 12.3. The largest absolute Gasteiger partial charge is 0.504 e. The van der Waals surface area contributed by atoms with E-state index < -0.39 is 0 Å². The van der Waals surface area contributed by atoms with Crippen LogP contribution in [-0.2, 0) is 0 Å². The molecule has 5 heteroatoms. The highest BCUT2D eigenvalue weighted by Gasteiger charge is 2.32. The van der Waals surface area contributed by atoms with Gasteiger partial charge >= 0.3 is 0 Å². The van der Waals surface area contributed by atoms with Crippen LogP contribution < -0.4 is 4.74 Å². The lowest BCUT2D eigenvalue weighted by Crippen LogP contribution is -2.00. The first-order chi connectivity index (χ1) is 11.0. The number of hydrogen-bond donors (Lipinski definition) is 1. The van der Waals surface area contributed by atoms with Crippen molar-refractivity contribution in [1.82, 2.24) is 0 Å². The molecule has 0 saturated carbocycles. The molecular formula is C18H13BrO4. The molecule has 1 N–H and O–H groups in total. The molecule has 3 rings (SSSR count). The minimum atomic E-state index is -0.288. The Bertz CT molecular complexity index is 815. The van der Waals surface area contributed by atoms with Crippen molar-refractivity contribution >= 4 is 33.6 Å². The molecule has 1 aliphatic rings. The average Bonchev–Trinajstić information content (AvgIpc) is 2.77. The highest BCUT2D eigenvalue weighted by molar-refractivity contribution is 9.10. The second-order valence-electron chi connectivity index (χ2n) is 5.04. The van der Waals surface area contributed by atoms with Crippen molar-refractivity contribution < 1.29 is 19.4 Å². The maximum Gasteiger partial charge on any atom is 0.197 e. The molecule has 0 unspecified atom stereocenters. The number of aromatic hydroxyl groups is 1. The normalized spacial score (nSPS) is 13.2. The molecule has 0 fully saturated rings. The van der Waals surface area contributed by atoms with Gasteiger partial charge in [0.1, 0.15) is 0 Å². The van der Waals surface area contributed by atoms with Crippen molar-refractivity contribution in [3.05, 3.63) is 63.1 Å². The van der Waals surface area contributed by atoms with Gasteiger partial charge in [-0.25, -0.2) is 0 Å². The molecule has 0 radical (unpaired) electrons. The lowest BCUT2D eigenvalue weighted by Gasteiger charge is -2.08. The predicted octanol–water partition coefficient (Wildman–Crippen LogP) is 4.02. The first-order valence-electron chi connectivity index (χ1n) is 7.08. The van der Waals surface area contributed by atoms with Crippen molar-refractivity contribution in [2.45, 2.75) is 6.92 Å². The molecule has 0 amide bonds. The van der Waals surface area contributed by atoms with Gasteiger partial charge in [0.2, 0.25) is 0 Å². The fourth-order valence-corrected chi connectivity index (χ4v) is 2.95. The molecule has 0 saturated heterocycles. The summed E-state index contributed by atoms with van der Waals surface area (Å²) in [6.07, 6.45) is 1.52. The SMILES string of the molecule is CCOc1cc(C=C2C(=O)c3ccccc3C2=O)c(Br)cc1O. The maximum atomic E-state index is 12.4. The lowest BCUT2D eigenvalue weighted by atomic mass is 10.1. The molecule has 0 aliphatic heterocycles. The number of carbonyl (C=O) groups is 2. The van der Waals surface area contributed by atoms with Crippen molar-refractivity contribution in [3.8, 4) is 11.5 Å². The van der Waals surface area contributed by atoms with Crippen LogP contribution in [0, 0.1) is 0 Å². The van der Waals surface area contributed by atoms with E-state index in [0.717, 1.165) is 0 Å². The summed E-state index contributed by atoms with van der Waals surface area (Å²) in [6.45, 7) is 2.20. The highest BCUT2D eigenvalue weighted by Crippen LogP contribution is 2.35. The number of hydrogen-bond acceptors (Lipinski definition) is 4. The third-order valence-electron chi connectivity index (χ3n) is 3.58. The van der Waals surface area contributed by atoms with E-state index >= 15 is 0 Å². The Morgan fingerprint density at radius 1 is 1.13 bits per heavy atom. The van der Waals surface area contributed by atoms with E-state index in [2.05, 4.69) is 15.9 Å². The average molecular weight is 373 g/mol. The first kappa shape index (κ1) is 15.5. The minimum Gasteiger partial charge on any atom is -0.504 e. The van der Waals surface area contributed by atoms with Gasteiger partial charge in [-0.15, -0.1) is 0 Å². The summed E-state index contributed by atoms with van der Waals surface area (Å²) in [6, 6.07) is 9.84. The molecule has 2 aromatic rings. The highest BCUT2D eigenvalue weighted by atomic mass is 79.9. The quantitative estimate of drug-likeness (QED) is 0.652. The van der Waals surface area contributed by atoms with Crippen LogP contribution >= 0.6 is 15.9 Å². The van der Waals surface area contributed by atoms with E-state index in [9.17, 15) is 14.7 Å². The zero-order valence-corrected chi connectivity index (χ0v) is 13.9. The van der Waals surface area contributed by atoms with Gasteiger partial charge in [-0.1, -0.05) is 40.2 Å². The van der Waals surface area contributed by atoms with Crippen LogP contribution in [0.15, 0.2) is 46.4 Å². The van der Waals surface area contributed by atoms with Gasteiger partial charge in [0.05, 0.1) is 12.2 Å². The first-order valence-corrected chi connectivity index (χ1v) is 7.87. The third kappa shape index (κ3) is 2.68. The monoisotopic (exact) mass is 372 g/mol. The summed E-state index contributed by atoms with van der Waals surface area (Å²) >= 11 is 3.33. The number of Topliss-reactive ketones (excluding diaryl/α,β-unsaturated/α-hetero) is 2. The van der Waals surface area contributed by atoms with Crippen LogP contribution in [0.1, 0.15) is 33.2 Å². The molecule has 23 heavy (non-hydrogen) atoms. The number of benzene rings is 2. The van der Waals surface area contributed by atoms with E-state index in [0.29, 0.717) is 33.5 Å². The molecule has 0 bridgehead atoms. The second-order valence-corrected chi connectivity index (χ2v) is 5.89. The minimum absolute atomic E-state index is 0.00626. The molecular weight excluding hydrogens is 360 g/mol. The Balaban J connectivity index is 2.08. The Morgan fingerprint density at radius 2 is 1.74 bits per heavy atom. The van der Waals surface area contributed by atoms with Crippen LogP contribution in [0.5, 0.6) is 11.5 Å². The second kappa shape index (κ2) is 6.01.